The molecule has 0 radical (unpaired) electrons. The second-order valence-corrected chi connectivity index (χ2v) is 9.89. The largest absolute Gasteiger partial charge is 0.506 e. The van der Waals surface area contributed by atoms with Crippen molar-refractivity contribution in [1.82, 2.24) is 10.2 Å². The summed E-state index contributed by atoms with van der Waals surface area (Å²) in [4.78, 5) is 37.3. The van der Waals surface area contributed by atoms with Gasteiger partial charge < -0.3 is 21.3 Å². The average Bonchev–Trinajstić information content (AvgIpc) is 2.65. The third-order valence-electron chi connectivity index (χ3n) is 4.38. The van der Waals surface area contributed by atoms with Crippen molar-refractivity contribution in [3.05, 3.63) is 34.5 Å². The van der Waals surface area contributed by atoms with Crippen LogP contribution in [0.15, 0.2) is 28.9 Å². The minimum absolute atomic E-state index is 0.0357. The summed E-state index contributed by atoms with van der Waals surface area (Å²) >= 11 is 7.10. The van der Waals surface area contributed by atoms with E-state index >= 15 is 0 Å². The number of nitrogens with zero attached hydrogens (tertiary/aromatic N) is 1. The zero-order valence-corrected chi connectivity index (χ0v) is 17.7. The van der Waals surface area contributed by atoms with Crippen LogP contribution in [0.5, 0.6) is 5.75 Å². The van der Waals surface area contributed by atoms with Crippen molar-refractivity contribution in [2.75, 3.05) is 16.7 Å². The van der Waals surface area contributed by atoms with E-state index in [1.54, 1.807) is 0 Å². The fourth-order valence-corrected chi connectivity index (χ4v) is 5.12. The van der Waals surface area contributed by atoms with Gasteiger partial charge in [0.25, 0.3) is 5.91 Å². The summed E-state index contributed by atoms with van der Waals surface area (Å²) in [5.41, 5.74) is 5.65. The smallest absolute Gasteiger partial charge is 0.353 e. The van der Waals surface area contributed by atoms with Crippen molar-refractivity contribution in [3.8, 4) is 5.75 Å². The SMILES string of the molecule is CS(=O)(=O)Nc1cc([C@@H](N)C(=O)N[C@@H]2C(=O)N3C(C(=O)O)=C(Cl)CS[C@H]23)ccc1O. The lowest BCUT2D eigenvalue weighted by Gasteiger charge is -2.48. The molecule has 6 N–H and O–H groups in total. The molecule has 0 spiro atoms. The Kier molecular flexibility index (Phi) is 5.91. The highest BCUT2D eigenvalue weighted by atomic mass is 35.5. The number of fused-ring (bicyclic) bond motifs is 1. The lowest BCUT2D eigenvalue weighted by Crippen LogP contribution is -2.70. The topological polar surface area (TPSA) is 179 Å². The van der Waals surface area contributed by atoms with Crippen molar-refractivity contribution >= 4 is 56.9 Å². The van der Waals surface area contributed by atoms with Crippen LogP contribution in [0, 0.1) is 0 Å². The Hall–Kier alpha value is -2.48. The number of phenols is 1. The molecule has 0 aliphatic carbocycles. The van der Waals surface area contributed by atoms with Gasteiger partial charge in [-0.25, -0.2) is 13.2 Å². The first-order chi connectivity index (χ1) is 13.9. The monoisotopic (exact) mass is 476 g/mol. The van der Waals surface area contributed by atoms with Crippen LogP contribution in [0.2, 0.25) is 0 Å². The molecular weight excluding hydrogens is 460 g/mol. The molecule has 0 bridgehead atoms. The molecule has 162 valence electrons. The highest BCUT2D eigenvalue weighted by molar-refractivity contribution is 8.00. The molecule has 3 atom stereocenters. The number of sulfonamides is 1. The van der Waals surface area contributed by atoms with Gasteiger partial charge in [0.15, 0.2) is 0 Å². The number of β-lactam (4-membered cyclic amide) rings is 1. The van der Waals surface area contributed by atoms with Gasteiger partial charge in [0.1, 0.15) is 28.9 Å². The van der Waals surface area contributed by atoms with Crippen molar-refractivity contribution in [3.63, 3.8) is 0 Å². The standard InChI is InChI=1S/C16H17ClN4O7S2/c1-30(27,28)20-8-4-6(2-3-9(8)22)10(18)13(23)19-11-14(24)21-12(16(25)26)7(17)5-29-15(11)21/h2-4,10-11,15,20,22H,5,18H2,1H3,(H,19,23)(H,25,26)/t10-,11-,15-/m1/s1. The van der Waals surface area contributed by atoms with E-state index in [-0.39, 0.29) is 33.5 Å². The summed E-state index contributed by atoms with van der Waals surface area (Å²) in [6, 6.07) is 1.45. The third kappa shape index (κ3) is 4.19. The molecule has 30 heavy (non-hydrogen) atoms. The zero-order chi connectivity index (χ0) is 22.4. The molecule has 1 saturated heterocycles. The van der Waals surface area contributed by atoms with Crippen molar-refractivity contribution in [1.29, 1.82) is 0 Å². The van der Waals surface area contributed by atoms with Gasteiger partial charge in [-0.05, 0) is 17.7 Å². The summed E-state index contributed by atoms with van der Waals surface area (Å²) in [6.45, 7) is 0. The van der Waals surface area contributed by atoms with Gasteiger partial charge in [-0.2, -0.15) is 0 Å². The number of amides is 2. The Morgan fingerprint density at radius 3 is 2.67 bits per heavy atom. The van der Waals surface area contributed by atoms with Gasteiger partial charge in [-0.15, -0.1) is 11.8 Å². The number of aliphatic carboxylic acids is 1. The van der Waals surface area contributed by atoms with Gasteiger partial charge in [0.2, 0.25) is 15.9 Å². The zero-order valence-electron chi connectivity index (χ0n) is 15.3. The third-order valence-corrected chi connectivity index (χ3v) is 6.72. The van der Waals surface area contributed by atoms with Crippen LogP contribution < -0.4 is 15.8 Å². The number of phenolic OH excluding ortho intramolecular Hbond substituents is 1. The van der Waals surface area contributed by atoms with E-state index in [9.17, 15) is 33.0 Å². The number of carboxylic acids is 1. The number of nitrogens with two attached hydrogens (primary N) is 1. The number of hydrogen-bond donors (Lipinski definition) is 5. The van der Waals surface area contributed by atoms with Crippen molar-refractivity contribution < 1.29 is 33.0 Å². The van der Waals surface area contributed by atoms with E-state index in [1.165, 1.54) is 30.0 Å². The number of aromatic hydroxyl groups is 1. The Balaban J connectivity index is 1.74. The number of carboxylic acid groups (broad SMARTS) is 1. The number of hydrogen-bond acceptors (Lipinski definition) is 8. The van der Waals surface area contributed by atoms with Gasteiger partial charge in [0, 0.05) is 5.75 Å². The number of nitrogens with one attached hydrogen (secondary N) is 2. The van der Waals surface area contributed by atoms with Gasteiger partial charge >= 0.3 is 5.97 Å². The molecule has 1 fully saturated rings. The van der Waals surface area contributed by atoms with E-state index in [2.05, 4.69) is 10.0 Å². The minimum atomic E-state index is -3.68. The van der Waals surface area contributed by atoms with E-state index in [0.717, 1.165) is 11.2 Å². The van der Waals surface area contributed by atoms with E-state index in [1.807, 2.05) is 0 Å². The average molecular weight is 477 g/mol. The summed E-state index contributed by atoms with van der Waals surface area (Å²) in [6.07, 6.45) is 0.896. The second kappa shape index (κ2) is 7.98. The lowest BCUT2D eigenvalue weighted by molar-refractivity contribution is -0.150. The summed E-state index contributed by atoms with van der Waals surface area (Å²) in [5.74, 6) is -2.88. The maximum Gasteiger partial charge on any atom is 0.353 e. The van der Waals surface area contributed by atoms with Crippen LogP contribution in [0.4, 0.5) is 5.69 Å². The Bertz CT molecular complexity index is 1080. The molecule has 2 heterocycles. The second-order valence-electron chi connectivity index (χ2n) is 6.58. The maximum absolute atomic E-state index is 12.6. The van der Waals surface area contributed by atoms with Crippen molar-refractivity contribution in [2.24, 2.45) is 5.73 Å². The van der Waals surface area contributed by atoms with Gasteiger partial charge in [0.05, 0.1) is 17.0 Å². The number of halogens is 1. The summed E-state index contributed by atoms with van der Waals surface area (Å²) in [5, 5.41) is 20.9. The van der Waals surface area contributed by atoms with E-state index in [0.29, 0.717) is 0 Å². The lowest BCUT2D eigenvalue weighted by atomic mass is 10.0. The number of thioether (sulfide) groups is 1. The molecule has 1 aromatic carbocycles. The molecule has 14 heteroatoms. The Morgan fingerprint density at radius 2 is 2.07 bits per heavy atom. The molecule has 1 aromatic rings. The number of carbonyl (C=O) groups is 3. The van der Waals surface area contributed by atoms with Crippen LogP contribution in [0.3, 0.4) is 0 Å². The molecule has 2 amide bonds. The molecule has 3 rings (SSSR count). The minimum Gasteiger partial charge on any atom is -0.506 e. The van der Waals surface area contributed by atoms with Crippen molar-refractivity contribution in [2.45, 2.75) is 17.5 Å². The predicted molar refractivity (Wildman–Crippen MR) is 109 cm³/mol. The number of benzene rings is 1. The maximum atomic E-state index is 12.6. The van der Waals surface area contributed by atoms with Crippen LogP contribution >= 0.6 is 23.4 Å². The number of rotatable bonds is 6. The predicted octanol–water partition coefficient (Wildman–Crippen LogP) is -0.302. The fourth-order valence-electron chi connectivity index (χ4n) is 3.01. The van der Waals surface area contributed by atoms with Crippen LogP contribution in [0.25, 0.3) is 0 Å². The Morgan fingerprint density at radius 1 is 1.40 bits per heavy atom. The first-order valence-electron chi connectivity index (χ1n) is 8.34. The summed E-state index contributed by atoms with van der Waals surface area (Å²) < 4.78 is 24.9. The molecule has 0 unspecified atom stereocenters. The molecular formula is C16H17ClN4O7S2. The molecule has 11 nitrogen and oxygen atoms in total. The molecule has 0 aromatic heterocycles. The quantitative estimate of drug-likeness (QED) is 0.272. The summed E-state index contributed by atoms with van der Waals surface area (Å²) in [7, 11) is -3.68. The number of carbonyl (C=O) groups excluding carboxylic acids is 2. The normalized spacial score (nSPS) is 22.1. The van der Waals surface area contributed by atoms with Gasteiger partial charge in [-0.3, -0.25) is 19.2 Å². The highest BCUT2D eigenvalue weighted by Crippen LogP contribution is 2.41. The van der Waals surface area contributed by atoms with Crippen LogP contribution in [-0.4, -0.2) is 64.7 Å². The van der Waals surface area contributed by atoms with Crippen LogP contribution in [0.1, 0.15) is 11.6 Å². The van der Waals surface area contributed by atoms with Gasteiger partial charge in [-0.1, -0.05) is 17.7 Å². The first kappa shape index (κ1) is 22.2. The highest BCUT2D eigenvalue weighted by Gasteiger charge is 2.54. The van der Waals surface area contributed by atoms with E-state index in [4.69, 9.17) is 17.3 Å². The Labute approximate surface area is 180 Å². The molecule has 2 aliphatic heterocycles. The first-order valence-corrected chi connectivity index (χ1v) is 11.7. The molecule has 0 saturated carbocycles. The van der Waals surface area contributed by atoms with E-state index < -0.39 is 45.3 Å². The fraction of sp³-hybridized carbons (Fsp3) is 0.312. The van der Waals surface area contributed by atoms with Crippen LogP contribution in [-0.2, 0) is 24.4 Å². The number of anilines is 1. The molecule has 2 aliphatic rings.